The number of aromatic nitrogens is 2. The number of nitrogens with zero attached hydrogens (tertiary/aromatic N) is 2. The SMILES string of the molecule is CCCC(CO)Nc1cc(N)nc2cccnc12. The fourth-order valence-electron chi connectivity index (χ4n) is 1.97. The van der Waals surface area contributed by atoms with Gasteiger partial charge in [-0.2, -0.15) is 0 Å². The first-order chi connectivity index (χ1) is 8.74. The molecule has 0 bridgehead atoms. The molecule has 2 aromatic rings. The van der Waals surface area contributed by atoms with E-state index in [-0.39, 0.29) is 12.6 Å². The lowest BCUT2D eigenvalue weighted by Gasteiger charge is -2.17. The second-order valence-electron chi connectivity index (χ2n) is 4.28. The molecule has 2 rings (SSSR count). The van der Waals surface area contributed by atoms with Gasteiger partial charge in [0, 0.05) is 18.3 Å². The van der Waals surface area contributed by atoms with E-state index in [2.05, 4.69) is 22.2 Å². The Hall–Kier alpha value is -1.88. The molecule has 1 unspecified atom stereocenters. The third-order valence-electron chi connectivity index (χ3n) is 2.80. The van der Waals surface area contributed by atoms with Gasteiger partial charge in [0.25, 0.3) is 0 Å². The van der Waals surface area contributed by atoms with Crippen LogP contribution in [0.3, 0.4) is 0 Å². The van der Waals surface area contributed by atoms with Crippen LogP contribution in [0.2, 0.25) is 0 Å². The van der Waals surface area contributed by atoms with Crippen molar-refractivity contribution in [3.63, 3.8) is 0 Å². The summed E-state index contributed by atoms with van der Waals surface area (Å²) in [7, 11) is 0. The van der Waals surface area contributed by atoms with Crippen LogP contribution in [-0.4, -0.2) is 27.7 Å². The summed E-state index contributed by atoms with van der Waals surface area (Å²) in [5.41, 5.74) is 8.14. The number of hydrogen-bond donors (Lipinski definition) is 3. The lowest BCUT2D eigenvalue weighted by molar-refractivity contribution is 0.268. The topological polar surface area (TPSA) is 84.1 Å². The number of nitrogens with one attached hydrogen (secondary N) is 1. The summed E-state index contributed by atoms with van der Waals surface area (Å²) in [4.78, 5) is 8.54. The van der Waals surface area contributed by atoms with Crippen molar-refractivity contribution in [1.82, 2.24) is 9.97 Å². The van der Waals surface area contributed by atoms with Crippen molar-refractivity contribution >= 4 is 22.5 Å². The predicted octanol–water partition coefficient (Wildman–Crippen LogP) is 1.78. The first kappa shape index (κ1) is 12.6. The van der Waals surface area contributed by atoms with Gasteiger partial charge in [0.15, 0.2) is 0 Å². The number of anilines is 2. The Kier molecular flexibility index (Phi) is 3.94. The van der Waals surface area contributed by atoms with Crippen LogP contribution in [0.5, 0.6) is 0 Å². The molecule has 2 heterocycles. The average Bonchev–Trinajstić information content (AvgIpc) is 2.38. The Morgan fingerprint density at radius 2 is 2.33 bits per heavy atom. The van der Waals surface area contributed by atoms with E-state index >= 15 is 0 Å². The quantitative estimate of drug-likeness (QED) is 0.749. The molecule has 0 radical (unpaired) electrons. The molecule has 1 atom stereocenters. The Balaban J connectivity index is 2.37. The highest BCUT2D eigenvalue weighted by molar-refractivity contribution is 5.89. The second-order valence-corrected chi connectivity index (χ2v) is 4.28. The molecule has 0 aliphatic heterocycles. The molecule has 0 saturated carbocycles. The monoisotopic (exact) mass is 246 g/mol. The Morgan fingerprint density at radius 1 is 1.50 bits per heavy atom. The van der Waals surface area contributed by atoms with Crippen LogP contribution in [0.4, 0.5) is 11.5 Å². The van der Waals surface area contributed by atoms with Crippen LogP contribution in [0.15, 0.2) is 24.4 Å². The van der Waals surface area contributed by atoms with E-state index in [4.69, 9.17) is 5.73 Å². The van der Waals surface area contributed by atoms with Crippen molar-refractivity contribution in [2.24, 2.45) is 0 Å². The molecular weight excluding hydrogens is 228 g/mol. The number of pyridine rings is 2. The fraction of sp³-hybridized carbons (Fsp3) is 0.385. The number of fused-ring (bicyclic) bond motifs is 1. The van der Waals surface area contributed by atoms with Gasteiger partial charge < -0.3 is 16.2 Å². The minimum atomic E-state index is 0.0157. The summed E-state index contributed by atoms with van der Waals surface area (Å²) in [6, 6.07) is 5.47. The molecule has 0 aliphatic rings. The molecule has 0 fully saturated rings. The van der Waals surface area contributed by atoms with Crippen molar-refractivity contribution in [1.29, 1.82) is 0 Å². The third kappa shape index (κ3) is 2.68. The van der Waals surface area contributed by atoms with E-state index in [1.165, 1.54) is 0 Å². The number of aliphatic hydroxyl groups is 1. The zero-order chi connectivity index (χ0) is 13.0. The van der Waals surface area contributed by atoms with Gasteiger partial charge in [-0.05, 0) is 18.6 Å². The van der Waals surface area contributed by atoms with E-state index in [0.717, 1.165) is 29.6 Å². The minimum Gasteiger partial charge on any atom is -0.394 e. The molecule has 0 aliphatic carbocycles. The highest BCUT2D eigenvalue weighted by atomic mass is 16.3. The van der Waals surface area contributed by atoms with Crippen molar-refractivity contribution in [2.75, 3.05) is 17.7 Å². The summed E-state index contributed by atoms with van der Waals surface area (Å²) in [6.07, 6.45) is 3.62. The van der Waals surface area contributed by atoms with Crippen LogP contribution in [0.25, 0.3) is 11.0 Å². The number of nitrogen functional groups attached to an aromatic ring is 1. The van der Waals surface area contributed by atoms with Crippen LogP contribution >= 0.6 is 0 Å². The molecule has 5 nitrogen and oxygen atoms in total. The number of rotatable bonds is 5. The van der Waals surface area contributed by atoms with Gasteiger partial charge in [0.1, 0.15) is 11.3 Å². The van der Waals surface area contributed by atoms with Crippen molar-refractivity contribution < 1.29 is 5.11 Å². The van der Waals surface area contributed by atoms with E-state index < -0.39 is 0 Å². The summed E-state index contributed by atoms with van der Waals surface area (Å²) in [5, 5.41) is 12.6. The molecule has 96 valence electrons. The van der Waals surface area contributed by atoms with Crippen molar-refractivity contribution in [3.05, 3.63) is 24.4 Å². The van der Waals surface area contributed by atoms with Crippen LogP contribution in [-0.2, 0) is 0 Å². The molecule has 0 amide bonds. The molecule has 5 heteroatoms. The molecule has 4 N–H and O–H groups in total. The molecule has 0 spiro atoms. The van der Waals surface area contributed by atoms with E-state index in [1.807, 2.05) is 12.1 Å². The smallest absolute Gasteiger partial charge is 0.126 e. The first-order valence-corrected chi connectivity index (χ1v) is 6.13. The molecule has 2 aromatic heterocycles. The van der Waals surface area contributed by atoms with Gasteiger partial charge in [-0.3, -0.25) is 4.98 Å². The highest BCUT2D eigenvalue weighted by Crippen LogP contribution is 2.23. The Morgan fingerprint density at radius 3 is 3.06 bits per heavy atom. The fourth-order valence-corrected chi connectivity index (χ4v) is 1.97. The van der Waals surface area contributed by atoms with Crippen LogP contribution in [0.1, 0.15) is 19.8 Å². The normalized spacial score (nSPS) is 12.6. The maximum absolute atomic E-state index is 9.33. The predicted molar refractivity (Wildman–Crippen MR) is 73.4 cm³/mol. The number of hydrogen-bond acceptors (Lipinski definition) is 5. The zero-order valence-corrected chi connectivity index (χ0v) is 10.4. The average molecular weight is 246 g/mol. The van der Waals surface area contributed by atoms with E-state index in [1.54, 1.807) is 12.3 Å². The molecular formula is C13H18N4O. The van der Waals surface area contributed by atoms with E-state index in [9.17, 15) is 5.11 Å². The Bertz CT molecular complexity index is 529. The maximum atomic E-state index is 9.33. The van der Waals surface area contributed by atoms with Gasteiger partial charge in [-0.25, -0.2) is 4.98 Å². The van der Waals surface area contributed by atoms with Gasteiger partial charge in [0.2, 0.25) is 0 Å². The summed E-state index contributed by atoms with van der Waals surface area (Å²) >= 11 is 0. The second kappa shape index (κ2) is 5.64. The first-order valence-electron chi connectivity index (χ1n) is 6.13. The zero-order valence-electron chi connectivity index (χ0n) is 10.4. The minimum absolute atomic E-state index is 0.0157. The van der Waals surface area contributed by atoms with Gasteiger partial charge in [-0.1, -0.05) is 13.3 Å². The van der Waals surface area contributed by atoms with Gasteiger partial charge in [-0.15, -0.1) is 0 Å². The third-order valence-corrected chi connectivity index (χ3v) is 2.80. The lowest BCUT2D eigenvalue weighted by atomic mass is 10.1. The van der Waals surface area contributed by atoms with Gasteiger partial charge in [0.05, 0.1) is 17.8 Å². The highest BCUT2D eigenvalue weighted by Gasteiger charge is 2.10. The standard InChI is InChI=1S/C13H18N4O/c1-2-4-9(8-18)16-11-7-12(14)17-10-5-3-6-15-13(10)11/h3,5-7,9,18H,2,4,8H2,1H3,(H3,14,16,17). The van der Waals surface area contributed by atoms with E-state index in [0.29, 0.717) is 5.82 Å². The molecule has 18 heavy (non-hydrogen) atoms. The molecule has 0 saturated heterocycles. The lowest BCUT2D eigenvalue weighted by Crippen LogP contribution is -2.23. The van der Waals surface area contributed by atoms with Gasteiger partial charge >= 0.3 is 0 Å². The van der Waals surface area contributed by atoms with Crippen LogP contribution in [0, 0.1) is 0 Å². The van der Waals surface area contributed by atoms with Crippen molar-refractivity contribution in [3.8, 4) is 0 Å². The summed E-state index contributed by atoms with van der Waals surface area (Å²) in [5.74, 6) is 0.450. The van der Waals surface area contributed by atoms with Crippen LogP contribution < -0.4 is 11.1 Å². The number of aliphatic hydroxyl groups excluding tert-OH is 1. The maximum Gasteiger partial charge on any atom is 0.126 e. The largest absolute Gasteiger partial charge is 0.394 e. The van der Waals surface area contributed by atoms with Crippen molar-refractivity contribution in [2.45, 2.75) is 25.8 Å². The summed E-state index contributed by atoms with van der Waals surface area (Å²) < 4.78 is 0. The summed E-state index contributed by atoms with van der Waals surface area (Å²) in [6.45, 7) is 2.17. The number of nitrogens with two attached hydrogens (primary N) is 1. The Labute approximate surface area is 106 Å². The molecule has 0 aromatic carbocycles.